The van der Waals surface area contributed by atoms with E-state index >= 15 is 0 Å². The summed E-state index contributed by atoms with van der Waals surface area (Å²) in [6.07, 6.45) is 0.495. The molecular weight excluding hydrogens is 221 g/mol. The highest BCUT2D eigenvalue weighted by Gasteiger charge is 2.50. The molecule has 0 aliphatic carbocycles. The third-order valence-corrected chi connectivity index (χ3v) is 3.11. The van der Waals surface area contributed by atoms with Crippen LogP contribution in [0.15, 0.2) is 12.1 Å². The van der Waals surface area contributed by atoms with E-state index in [0.29, 0.717) is 0 Å². The van der Waals surface area contributed by atoms with Crippen LogP contribution in [0.5, 0.6) is 0 Å². The monoisotopic (exact) mass is 241 g/mol. The summed E-state index contributed by atoms with van der Waals surface area (Å²) in [6.45, 7) is 9.62. The molecule has 0 bridgehead atoms. The molecule has 0 aromatic heterocycles. The van der Waals surface area contributed by atoms with Crippen molar-refractivity contribution in [3.63, 3.8) is 0 Å². The van der Waals surface area contributed by atoms with Gasteiger partial charge in [-0.15, -0.1) is 0 Å². The minimum absolute atomic E-state index is 0.365. The lowest BCUT2D eigenvalue weighted by Gasteiger charge is -2.32. The van der Waals surface area contributed by atoms with E-state index in [1.165, 1.54) is 0 Å². The van der Waals surface area contributed by atoms with Crippen LogP contribution in [0.25, 0.3) is 0 Å². The molecule has 1 heterocycles. The fraction of sp³-hybridized carbons (Fsp3) is 0.727. The predicted molar refractivity (Wildman–Crippen MR) is 65.4 cm³/mol. The number of nitrogens with two attached hydrogens (primary N) is 1. The Kier molecular flexibility index (Phi) is 3.89. The fourth-order valence-corrected chi connectivity index (χ4v) is 1.44. The number of amides is 1. The first-order valence-electron chi connectivity index (χ1n) is 5.64. The number of hydrogen-bond donors (Lipinski definition) is 1. The van der Waals surface area contributed by atoms with Gasteiger partial charge in [0.15, 0.2) is 0 Å². The maximum absolute atomic E-state index is 10.5. The normalized spacial score (nSPS) is 23.9. The molecule has 1 aliphatic rings. The van der Waals surface area contributed by atoms with E-state index in [9.17, 15) is 4.79 Å². The van der Waals surface area contributed by atoms with Gasteiger partial charge in [-0.25, -0.2) is 4.79 Å². The molecule has 1 atom stereocenters. The molecule has 0 aromatic rings. The number of carbonyl (C=O) groups excluding carboxylic acids is 1. The highest BCUT2D eigenvalue weighted by Crippen LogP contribution is 2.36. The molecule has 17 heavy (non-hydrogen) atoms. The van der Waals surface area contributed by atoms with Crippen LogP contribution in [0.4, 0.5) is 4.79 Å². The van der Waals surface area contributed by atoms with Crippen molar-refractivity contribution in [2.75, 3.05) is 0 Å². The number of hydrogen-bond acceptors (Lipinski definition) is 4. The molecule has 5 nitrogen and oxygen atoms in total. The van der Waals surface area contributed by atoms with Crippen molar-refractivity contribution >= 4 is 13.2 Å². The Hall–Kier alpha value is -1.01. The van der Waals surface area contributed by atoms with Crippen LogP contribution in [0, 0.1) is 0 Å². The highest BCUT2D eigenvalue weighted by molar-refractivity contribution is 6.51. The summed E-state index contributed by atoms with van der Waals surface area (Å²) in [5, 5.41) is 0. The Morgan fingerprint density at radius 1 is 1.29 bits per heavy atom. The van der Waals surface area contributed by atoms with Crippen molar-refractivity contribution < 1.29 is 18.8 Å². The van der Waals surface area contributed by atoms with Gasteiger partial charge in [0.1, 0.15) is 6.10 Å². The minimum Gasteiger partial charge on any atom is -0.442 e. The van der Waals surface area contributed by atoms with Crippen LogP contribution < -0.4 is 5.73 Å². The van der Waals surface area contributed by atoms with Gasteiger partial charge >= 0.3 is 13.2 Å². The lowest BCUT2D eigenvalue weighted by molar-refractivity contribution is 0.00578. The van der Waals surface area contributed by atoms with Crippen molar-refractivity contribution in [3.8, 4) is 0 Å². The Bertz CT molecular complexity index is 311. The van der Waals surface area contributed by atoms with E-state index in [-0.39, 0.29) is 11.2 Å². The van der Waals surface area contributed by atoms with Crippen LogP contribution in [-0.4, -0.2) is 30.5 Å². The van der Waals surface area contributed by atoms with Crippen LogP contribution in [-0.2, 0) is 14.0 Å². The van der Waals surface area contributed by atoms with Gasteiger partial charge in [0, 0.05) is 0 Å². The third-order valence-electron chi connectivity index (χ3n) is 3.11. The van der Waals surface area contributed by atoms with Gasteiger partial charge in [-0.05, 0) is 34.6 Å². The molecule has 1 rings (SSSR count). The van der Waals surface area contributed by atoms with Crippen molar-refractivity contribution in [3.05, 3.63) is 12.1 Å². The largest absolute Gasteiger partial charge is 0.486 e. The summed E-state index contributed by atoms with van der Waals surface area (Å²) in [5.41, 5.74) is 4.18. The number of carbonyl (C=O) groups is 1. The van der Waals surface area contributed by atoms with E-state index in [4.69, 9.17) is 19.8 Å². The van der Waals surface area contributed by atoms with Crippen LogP contribution in [0.2, 0.25) is 0 Å². The first-order valence-corrected chi connectivity index (χ1v) is 5.64. The summed E-state index contributed by atoms with van der Waals surface area (Å²) < 4.78 is 16.2. The molecule has 0 spiro atoms. The van der Waals surface area contributed by atoms with E-state index in [1.54, 1.807) is 19.0 Å². The zero-order valence-corrected chi connectivity index (χ0v) is 11.0. The van der Waals surface area contributed by atoms with Crippen molar-refractivity contribution in [1.29, 1.82) is 0 Å². The summed E-state index contributed by atoms with van der Waals surface area (Å²) in [7, 11) is -0.432. The van der Waals surface area contributed by atoms with Crippen LogP contribution >= 0.6 is 0 Å². The van der Waals surface area contributed by atoms with Gasteiger partial charge in [-0.2, -0.15) is 0 Å². The standard InChI is InChI=1S/C11H20BNO4/c1-8(15-9(13)14)6-7-12-16-10(2,3)11(4,5)17-12/h6-8H,1-5H3,(H2,13,14)/b7-6+/t8-/m0/s1. The molecule has 0 saturated carbocycles. The van der Waals surface area contributed by atoms with E-state index in [0.717, 1.165) is 0 Å². The van der Waals surface area contributed by atoms with E-state index in [1.807, 2.05) is 27.7 Å². The summed E-state index contributed by atoms with van der Waals surface area (Å²) in [6, 6.07) is 0. The Labute approximate surface area is 102 Å². The lowest BCUT2D eigenvalue weighted by atomic mass is 9.89. The first-order chi connectivity index (χ1) is 7.64. The number of ether oxygens (including phenoxy) is 1. The maximum atomic E-state index is 10.5. The predicted octanol–water partition coefficient (Wildman–Crippen LogP) is 1.66. The Morgan fingerprint density at radius 2 is 1.76 bits per heavy atom. The number of rotatable bonds is 3. The fourth-order valence-electron chi connectivity index (χ4n) is 1.44. The molecule has 1 fully saturated rings. The molecule has 6 heteroatoms. The summed E-state index contributed by atoms with van der Waals surface area (Å²) in [5.74, 6) is 1.73. The zero-order valence-electron chi connectivity index (χ0n) is 11.0. The first kappa shape index (κ1) is 14.1. The zero-order chi connectivity index (χ0) is 13.3. The topological polar surface area (TPSA) is 70.8 Å². The van der Waals surface area contributed by atoms with Gasteiger partial charge in [-0.1, -0.05) is 12.1 Å². The maximum Gasteiger partial charge on any atom is 0.486 e. The third kappa shape index (κ3) is 3.47. The summed E-state index contributed by atoms with van der Waals surface area (Å²) in [4.78, 5) is 10.5. The molecule has 0 aromatic carbocycles. The molecule has 1 aliphatic heterocycles. The smallest absolute Gasteiger partial charge is 0.442 e. The summed E-state index contributed by atoms with van der Waals surface area (Å²) >= 11 is 0. The molecule has 2 N–H and O–H groups in total. The molecule has 1 saturated heterocycles. The van der Waals surface area contributed by atoms with Gasteiger partial charge < -0.3 is 19.8 Å². The van der Waals surface area contributed by atoms with Gasteiger partial charge in [0.05, 0.1) is 11.2 Å². The molecular formula is C11H20BNO4. The van der Waals surface area contributed by atoms with Gasteiger partial charge in [0.2, 0.25) is 0 Å². The Morgan fingerprint density at radius 3 is 2.18 bits per heavy atom. The van der Waals surface area contributed by atoms with Crippen LogP contribution in [0.1, 0.15) is 34.6 Å². The lowest BCUT2D eigenvalue weighted by Crippen LogP contribution is -2.41. The molecule has 0 radical (unpaired) electrons. The second kappa shape index (κ2) is 4.70. The molecule has 96 valence electrons. The van der Waals surface area contributed by atoms with Crippen molar-refractivity contribution in [2.45, 2.75) is 51.9 Å². The van der Waals surface area contributed by atoms with Gasteiger partial charge in [-0.3, -0.25) is 0 Å². The van der Waals surface area contributed by atoms with Crippen molar-refractivity contribution in [1.82, 2.24) is 0 Å². The van der Waals surface area contributed by atoms with E-state index in [2.05, 4.69) is 0 Å². The molecule has 1 amide bonds. The van der Waals surface area contributed by atoms with Gasteiger partial charge in [0.25, 0.3) is 0 Å². The highest BCUT2D eigenvalue weighted by atomic mass is 16.7. The quantitative estimate of drug-likeness (QED) is 0.762. The average Bonchev–Trinajstić information content (AvgIpc) is 2.31. The Balaban J connectivity index is 2.56. The molecule has 0 unspecified atom stereocenters. The second-order valence-electron chi connectivity index (χ2n) is 5.15. The van der Waals surface area contributed by atoms with E-state index < -0.39 is 19.3 Å². The van der Waals surface area contributed by atoms with Crippen molar-refractivity contribution in [2.24, 2.45) is 5.73 Å². The average molecular weight is 241 g/mol. The van der Waals surface area contributed by atoms with Crippen LogP contribution in [0.3, 0.4) is 0 Å². The second-order valence-corrected chi connectivity index (χ2v) is 5.15. The minimum atomic E-state index is -0.795. The SMILES string of the molecule is C[C@@H](/C=C/B1OC(C)(C)C(C)(C)O1)OC(N)=O. The number of primary amides is 1.